The summed E-state index contributed by atoms with van der Waals surface area (Å²) in [5.41, 5.74) is 3.85. The Bertz CT molecular complexity index is 730. The summed E-state index contributed by atoms with van der Waals surface area (Å²) in [7, 11) is 1.60. The Morgan fingerprint density at radius 1 is 1.20 bits per heavy atom. The average molecular weight is 405 g/mol. The number of ether oxygens (including phenoxy) is 2. The number of unbranched alkanes of at least 4 members (excludes halogenated alkanes) is 1. The number of benzene rings is 2. The third-order valence-electron chi connectivity index (χ3n) is 3.43. The highest BCUT2D eigenvalue weighted by Crippen LogP contribution is 2.27. The van der Waals surface area contributed by atoms with Crippen molar-refractivity contribution in [3.8, 4) is 11.5 Å². The monoisotopic (exact) mass is 404 g/mol. The minimum atomic E-state index is -0.268. The Morgan fingerprint density at radius 3 is 2.64 bits per heavy atom. The third-order valence-corrected chi connectivity index (χ3v) is 3.96. The molecule has 0 aliphatic heterocycles. The van der Waals surface area contributed by atoms with Crippen LogP contribution in [0.5, 0.6) is 11.5 Å². The molecule has 0 saturated carbocycles. The van der Waals surface area contributed by atoms with Gasteiger partial charge >= 0.3 is 0 Å². The van der Waals surface area contributed by atoms with Crippen molar-refractivity contribution in [2.75, 3.05) is 13.7 Å². The molecule has 0 saturated heterocycles. The third kappa shape index (κ3) is 5.90. The molecule has 132 valence electrons. The van der Waals surface area contributed by atoms with Crippen molar-refractivity contribution < 1.29 is 14.3 Å². The zero-order valence-corrected chi connectivity index (χ0v) is 15.9. The van der Waals surface area contributed by atoms with E-state index in [1.807, 2.05) is 18.2 Å². The number of carbonyl (C=O) groups is 1. The molecule has 0 radical (unpaired) electrons. The molecule has 0 aliphatic carbocycles. The van der Waals surface area contributed by atoms with Crippen molar-refractivity contribution >= 4 is 28.1 Å². The van der Waals surface area contributed by atoms with E-state index in [2.05, 4.69) is 33.4 Å². The molecule has 0 fully saturated rings. The molecule has 0 heterocycles. The molecule has 5 nitrogen and oxygen atoms in total. The van der Waals surface area contributed by atoms with Crippen LogP contribution in [0.1, 0.15) is 35.7 Å². The van der Waals surface area contributed by atoms with Crippen molar-refractivity contribution in [2.45, 2.75) is 19.8 Å². The van der Waals surface area contributed by atoms with E-state index in [4.69, 9.17) is 9.47 Å². The van der Waals surface area contributed by atoms with Gasteiger partial charge in [-0.2, -0.15) is 5.10 Å². The molecule has 1 N–H and O–H groups in total. The van der Waals surface area contributed by atoms with Gasteiger partial charge in [0.1, 0.15) is 0 Å². The maximum atomic E-state index is 12.0. The first-order valence-corrected chi connectivity index (χ1v) is 8.83. The van der Waals surface area contributed by atoms with Gasteiger partial charge < -0.3 is 9.47 Å². The van der Waals surface area contributed by atoms with E-state index in [-0.39, 0.29) is 5.91 Å². The summed E-state index contributed by atoms with van der Waals surface area (Å²) in [5.74, 6) is 1.07. The van der Waals surface area contributed by atoms with Crippen LogP contribution in [0.2, 0.25) is 0 Å². The predicted molar refractivity (Wildman–Crippen MR) is 103 cm³/mol. The number of amides is 1. The van der Waals surface area contributed by atoms with Gasteiger partial charge in [-0.25, -0.2) is 5.43 Å². The minimum Gasteiger partial charge on any atom is -0.493 e. The molecule has 0 aliphatic rings. The number of nitrogens with zero attached hydrogens (tertiary/aromatic N) is 1. The molecule has 0 unspecified atom stereocenters. The lowest BCUT2D eigenvalue weighted by Gasteiger charge is -2.10. The number of nitrogens with one attached hydrogen (secondary N) is 1. The highest BCUT2D eigenvalue weighted by molar-refractivity contribution is 9.10. The van der Waals surface area contributed by atoms with Crippen molar-refractivity contribution in [3.05, 3.63) is 58.1 Å². The Morgan fingerprint density at radius 2 is 1.96 bits per heavy atom. The standard InChI is InChI=1S/C19H21BrN2O3/c1-3-4-11-25-17-10-5-14(12-18(17)24-2)13-21-22-19(23)15-6-8-16(20)9-7-15/h5-10,12-13H,3-4,11H2,1-2H3,(H,22,23)/b21-13+. The normalized spacial score (nSPS) is 10.7. The summed E-state index contributed by atoms with van der Waals surface area (Å²) in [6.45, 7) is 2.77. The van der Waals surface area contributed by atoms with Gasteiger partial charge in [0.2, 0.25) is 0 Å². The molecule has 1 amide bonds. The molecule has 2 aromatic carbocycles. The lowest BCUT2D eigenvalue weighted by Crippen LogP contribution is -2.17. The topological polar surface area (TPSA) is 59.9 Å². The van der Waals surface area contributed by atoms with E-state index >= 15 is 0 Å². The van der Waals surface area contributed by atoms with E-state index < -0.39 is 0 Å². The molecule has 2 rings (SSSR count). The number of hydrogen-bond acceptors (Lipinski definition) is 4. The maximum absolute atomic E-state index is 12.0. The summed E-state index contributed by atoms with van der Waals surface area (Å²) < 4.78 is 12.0. The number of carbonyl (C=O) groups excluding carboxylic acids is 1. The fourth-order valence-corrected chi connectivity index (χ4v) is 2.31. The summed E-state index contributed by atoms with van der Waals surface area (Å²) >= 11 is 3.33. The first kappa shape index (κ1) is 19.0. The SMILES string of the molecule is CCCCOc1ccc(/C=N/NC(=O)c2ccc(Br)cc2)cc1OC. The van der Waals surface area contributed by atoms with Crippen LogP contribution < -0.4 is 14.9 Å². The molecule has 0 spiro atoms. The first-order chi connectivity index (χ1) is 12.1. The van der Waals surface area contributed by atoms with E-state index in [1.54, 1.807) is 37.6 Å². The predicted octanol–water partition coefficient (Wildman–Crippen LogP) is 4.40. The van der Waals surface area contributed by atoms with Crippen LogP contribution in [0.15, 0.2) is 52.0 Å². The lowest BCUT2D eigenvalue weighted by molar-refractivity contribution is 0.0955. The van der Waals surface area contributed by atoms with Gasteiger partial charge in [-0.15, -0.1) is 0 Å². The summed E-state index contributed by atoms with van der Waals surface area (Å²) in [6.07, 6.45) is 3.63. The van der Waals surface area contributed by atoms with Crippen LogP contribution in [0.25, 0.3) is 0 Å². The molecule has 6 heteroatoms. The molecule has 0 aromatic heterocycles. The van der Waals surface area contributed by atoms with Gasteiger partial charge in [0.05, 0.1) is 19.9 Å². The number of hydrazone groups is 1. The van der Waals surface area contributed by atoms with Crippen LogP contribution in [0, 0.1) is 0 Å². The highest BCUT2D eigenvalue weighted by atomic mass is 79.9. The number of methoxy groups -OCH3 is 1. The number of rotatable bonds is 8. The van der Waals surface area contributed by atoms with Crippen molar-refractivity contribution in [3.63, 3.8) is 0 Å². The van der Waals surface area contributed by atoms with Crippen molar-refractivity contribution in [1.82, 2.24) is 5.43 Å². The van der Waals surface area contributed by atoms with E-state index in [0.29, 0.717) is 23.7 Å². The first-order valence-electron chi connectivity index (χ1n) is 8.04. The molecule has 25 heavy (non-hydrogen) atoms. The average Bonchev–Trinajstić information content (AvgIpc) is 2.63. The second kappa shape index (κ2) is 9.84. The second-order valence-electron chi connectivity index (χ2n) is 5.32. The molecular weight excluding hydrogens is 384 g/mol. The van der Waals surface area contributed by atoms with E-state index in [0.717, 1.165) is 22.9 Å². The van der Waals surface area contributed by atoms with Crippen LogP contribution in [0.4, 0.5) is 0 Å². The number of halogens is 1. The molecule has 2 aromatic rings. The zero-order chi connectivity index (χ0) is 18.1. The fraction of sp³-hybridized carbons (Fsp3) is 0.263. The Balaban J connectivity index is 1.98. The van der Waals surface area contributed by atoms with Crippen LogP contribution in [-0.2, 0) is 0 Å². The van der Waals surface area contributed by atoms with E-state index in [1.165, 1.54) is 0 Å². The van der Waals surface area contributed by atoms with Gasteiger partial charge in [-0.1, -0.05) is 29.3 Å². The smallest absolute Gasteiger partial charge is 0.271 e. The Labute approximate surface area is 156 Å². The van der Waals surface area contributed by atoms with Gasteiger partial charge in [0, 0.05) is 10.0 Å². The largest absolute Gasteiger partial charge is 0.493 e. The van der Waals surface area contributed by atoms with Crippen LogP contribution in [0.3, 0.4) is 0 Å². The summed E-state index contributed by atoms with van der Waals surface area (Å²) in [4.78, 5) is 12.0. The summed E-state index contributed by atoms with van der Waals surface area (Å²) in [6, 6.07) is 12.6. The van der Waals surface area contributed by atoms with Gasteiger partial charge in [-0.05, 0) is 54.4 Å². The number of hydrogen-bond donors (Lipinski definition) is 1. The van der Waals surface area contributed by atoms with Gasteiger partial charge in [0.15, 0.2) is 11.5 Å². The van der Waals surface area contributed by atoms with E-state index in [9.17, 15) is 4.79 Å². The fourth-order valence-electron chi connectivity index (χ4n) is 2.04. The van der Waals surface area contributed by atoms with Gasteiger partial charge in [-0.3, -0.25) is 4.79 Å². The van der Waals surface area contributed by atoms with Crippen molar-refractivity contribution in [1.29, 1.82) is 0 Å². The highest BCUT2D eigenvalue weighted by Gasteiger charge is 2.06. The van der Waals surface area contributed by atoms with Crippen molar-refractivity contribution in [2.24, 2.45) is 5.10 Å². The second-order valence-corrected chi connectivity index (χ2v) is 6.23. The Kier molecular flexibility index (Phi) is 7.47. The maximum Gasteiger partial charge on any atom is 0.271 e. The van der Waals surface area contributed by atoms with Crippen LogP contribution >= 0.6 is 15.9 Å². The summed E-state index contributed by atoms with van der Waals surface area (Å²) in [5, 5.41) is 3.99. The Hall–Kier alpha value is -2.34. The van der Waals surface area contributed by atoms with Gasteiger partial charge in [0.25, 0.3) is 5.91 Å². The molecule has 0 bridgehead atoms. The van der Waals surface area contributed by atoms with Crippen LogP contribution in [-0.4, -0.2) is 25.8 Å². The molecule has 0 atom stereocenters. The lowest BCUT2D eigenvalue weighted by atomic mass is 10.2. The quantitative estimate of drug-likeness (QED) is 0.402. The zero-order valence-electron chi connectivity index (χ0n) is 14.3. The molecular formula is C19H21BrN2O3. The minimum absolute atomic E-state index is 0.268.